The van der Waals surface area contributed by atoms with Gasteiger partial charge < -0.3 is 5.32 Å². The molecule has 1 atom stereocenters. The van der Waals surface area contributed by atoms with Crippen LogP contribution in [0.3, 0.4) is 0 Å². The monoisotopic (exact) mass is 245 g/mol. The molecule has 0 unspecified atom stereocenters. The van der Waals surface area contributed by atoms with Gasteiger partial charge in [-0.1, -0.05) is 35.9 Å². The Balaban J connectivity index is 1.84. The summed E-state index contributed by atoms with van der Waals surface area (Å²) in [4.78, 5) is 8.23. The van der Waals surface area contributed by atoms with Gasteiger partial charge in [-0.3, -0.25) is 4.98 Å². The summed E-state index contributed by atoms with van der Waals surface area (Å²) in [6.07, 6.45) is 5.44. The molecule has 1 aliphatic rings. The number of aryl methyl sites for hydroxylation is 1. The van der Waals surface area contributed by atoms with Gasteiger partial charge in [0.15, 0.2) is 0 Å². The van der Waals surface area contributed by atoms with Crippen LogP contribution < -0.4 is 5.32 Å². The average Bonchev–Trinajstić information content (AvgIpc) is 2.73. The van der Waals surface area contributed by atoms with Gasteiger partial charge in [-0.2, -0.15) is 0 Å². The molecule has 0 saturated carbocycles. The normalized spacial score (nSPS) is 17.8. The van der Waals surface area contributed by atoms with E-state index < -0.39 is 0 Å². The number of nitrogens with one attached hydrogen (secondary N) is 1. The molecule has 0 aliphatic heterocycles. The summed E-state index contributed by atoms with van der Waals surface area (Å²) in [5, 5.41) is 3.80. The van der Waals surface area contributed by atoms with Crippen molar-refractivity contribution in [1.82, 2.24) is 9.97 Å². The fourth-order valence-electron chi connectivity index (χ4n) is 2.30. The highest BCUT2D eigenvalue weighted by molar-refractivity contribution is 6.29. The molecule has 2 aromatic rings. The van der Waals surface area contributed by atoms with E-state index in [4.69, 9.17) is 11.6 Å². The third kappa shape index (κ3) is 2.11. The van der Waals surface area contributed by atoms with Crippen molar-refractivity contribution in [2.45, 2.75) is 18.9 Å². The van der Waals surface area contributed by atoms with E-state index in [9.17, 15) is 0 Å². The first-order chi connectivity index (χ1) is 8.33. The first kappa shape index (κ1) is 10.5. The number of nitrogens with zero attached hydrogens (tertiary/aromatic N) is 2. The summed E-state index contributed by atoms with van der Waals surface area (Å²) in [6, 6.07) is 8.82. The van der Waals surface area contributed by atoms with E-state index in [2.05, 4.69) is 39.6 Å². The largest absolute Gasteiger partial charge is 0.362 e. The molecule has 0 radical (unpaired) electrons. The Morgan fingerprint density at radius 1 is 1.24 bits per heavy atom. The summed E-state index contributed by atoms with van der Waals surface area (Å²) >= 11 is 5.82. The minimum absolute atomic E-state index is 0.318. The summed E-state index contributed by atoms with van der Waals surface area (Å²) in [5.41, 5.74) is 2.77. The second-order valence-electron chi connectivity index (χ2n) is 4.16. The van der Waals surface area contributed by atoms with Crippen LogP contribution in [0.5, 0.6) is 0 Å². The molecule has 3 rings (SSSR count). The molecule has 1 N–H and O–H groups in total. The first-order valence-corrected chi connectivity index (χ1v) is 6.02. The van der Waals surface area contributed by atoms with Crippen molar-refractivity contribution in [3.8, 4) is 0 Å². The molecule has 86 valence electrons. The molecule has 1 aromatic carbocycles. The molecule has 3 nitrogen and oxygen atoms in total. The number of anilines is 1. The predicted octanol–water partition coefficient (Wildman–Crippen LogP) is 3.23. The number of benzene rings is 1. The lowest BCUT2D eigenvalue weighted by molar-refractivity contribution is 0.756. The first-order valence-electron chi connectivity index (χ1n) is 5.65. The van der Waals surface area contributed by atoms with Gasteiger partial charge >= 0.3 is 0 Å². The molecular weight excluding hydrogens is 234 g/mol. The van der Waals surface area contributed by atoms with Crippen LogP contribution in [0.15, 0.2) is 36.7 Å². The summed E-state index contributed by atoms with van der Waals surface area (Å²) in [5.74, 6) is 0.735. The third-order valence-corrected chi connectivity index (χ3v) is 3.24. The molecule has 1 aromatic heterocycles. The van der Waals surface area contributed by atoms with Crippen LogP contribution >= 0.6 is 11.6 Å². The van der Waals surface area contributed by atoms with E-state index in [1.807, 2.05) is 0 Å². The van der Waals surface area contributed by atoms with Crippen molar-refractivity contribution in [3.63, 3.8) is 0 Å². The molecule has 0 fully saturated rings. The van der Waals surface area contributed by atoms with Gasteiger partial charge in [-0.25, -0.2) is 4.98 Å². The fourth-order valence-corrected chi connectivity index (χ4v) is 2.44. The maximum Gasteiger partial charge on any atom is 0.149 e. The van der Waals surface area contributed by atoms with Gasteiger partial charge in [-0.05, 0) is 24.0 Å². The summed E-state index contributed by atoms with van der Waals surface area (Å²) in [6.45, 7) is 0. The van der Waals surface area contributed by atoms with Gasteiger partial charge in [0.1, 0.15) is 11.0 Å². The molecule has 1 aliphatic carbocycles. The molecule has 1 heterocycles. The van der Waals surface area contributed by atoms with E-state index in [1.54, 1.807) is 6.20 Å². The summed E-state index contributed by atoms with van der Waals surface area (Å²) in [7, 11) is 0. The van der Waals surface area contributed by atoms with Crippen molar-refractivity contribution in [1.29, 1.82) is 0 Å². The topological polar surface area (TPSA) is 37.8 Å². The maximum atomic E-state index is 5.82. The van der Waals surface area contributed by atoms with Crippen LogP contribution in [-0.4, -0.2) is 9.97 Å². The van der Waals surface area contributed by atoms with Gasteiger partial charge in [0.25, 0.3) is 0 Å². The number of aromatic nitrogens is 2. The van der Waals surface area contributed by atoms with E-state index in [0.717, 1.165) is 18.7 Å². The van der Waals surface area contributed by atoms with E-state index in [0.29, 0.717) is 11.2 Å². The molecule has 0 saturated heterocycles. The number of hydrogen-bond donors (Lipinski definition) is 1. The number of hydrogen-bond acceptors (Lipinski definition) is 3. The third-order valence-electron chi connectivity index (χ3n) is 3.06. The van der Waals surface area contributed by atoms with Crippen LogP contribution in [0.2, 0.25) is 5.15 Å². The lowest BCUT2D eigenvalue weighted by atomic mass is 10.1. The quantitative estimate of drug-likeness (QED) is 0.883. The van der Waals surface area contributed by atoms with Crippen LogP contribution in [0.4, 0.5) is 5.82 Å². The molecule has 4 heteroatoms. The van der Waals surface area contributed by atoms with Gasteiger partial charge in [-0.15, -0.1) is 0 Å². The Morgan fingerprint density at radius 2 is 2.12 bits per heavy atom. The highest BCUT2D eigenvalue weighted by Gasteiger charge is 2.21. The van der Waals surface area contributed by atoms with E-state index >= 15 is 0 Å². The minimum atomic E-state index is 0.318. The smallest absolute Gasteiger partial charge is 0.149 e. The highest BCUT2D eigenvalue weighted by Crippen LogP contribution is 2.33. The van der Waals surface area contributed by atoms with Crippen molar-refractivity contribution in [2.75, 3.05) is 5.32 Å². The van der Waals surface area contributed by atoms with E-state index in [1.165, 1.54) is 17.3 Å². The molecule has 0 bridgehead atoms. The Morgan fingerprint density at radius 3 is 3.00 bits per heavy atom. The molecule has 0 amide bonds. The lowest BCUT2D eigenvalue weighted by Gasteiger charge is -2.14. The number of rotatable bonds is 2. The van der Waals surface area contributed by atoms with Gasteiger partial charge in [0, 0.05) is 0 Å². The average molecular weight is 246 g/mol. The van der Waals surface area contributed by atoms with Crippen molar-refractivity contribution >= 4 is 17.4 Å². The number of halogens is 1. The minimum Gasteiger partial charge on any atom is -0.362 e. The maximum absolute atomic E-state index is 5.82. The molecular formula is C13H12ClN3. The zero-order valence-corrected chi connectivity index (χ0v) is 9.98. The van der Waals surface area contributed by atoms with Crippen molar-refractivity contribution in [3.05, 3.63) is 52.9 Å². The summed E-state index contributed by atoms with van der Waals surface area (Å²) < 4.78 is 0. The second-order valence-corrected chi connectivity index (χ2v) is 4.55. The fraction of sp³-hybridized carbons (Fsp3) is 0.231. The highest BCUT2D eigenvalue weighted by atomic mass is 35.5. The van der Waals surface area contributed by atoms with Crippen molar-refractivity contribution in [2.24, 2.45) is 0 Å². The Kier molecular flexibility index (Phi) is 2.69. The van der Waals surface area contributed by atoms with Crippen LogP contribution in [0, 0.1) is 0 Å². The van der Waals surface area contributed by atoms with E-state index in [-0.39, 0.29) is 0 Å². The second kappa shape index (κ2) is 4.34. The SMILES string of the molecule is Clc1cncc(N[C@@H]2CCc3ccccc32)n1. The molecule has 0 spiro atoms. The number of fused-ring (bicyclic) bond motifs is 1. The lowest BCUT2D eigenvalue weighted by Crippen LogP contribution is -2.08. The Bertz CT molecular complexity index is 542. The predicted molar refractivity (Wildman–Crippen MR) is 68.2 cm³/mol. The molecule has 17 heavy (non-hydrogen) atoms. The van der Waals surface area contributed by atoms with Crippen LogP contribution in [-0.2, 0) is 6.42 Å². The van der Waals surface area contributed by atoms with Gasteiger partial charge in [0.2, 0.25) is 0 Å². The van der Waals surface area contributed by atoms with Crippen LogP contribution in [0.25, 0.3) is 0 Å². The Hall–Kier alpha value is -1.61. The standard InChI is InChI=1S/C13H12ClN3/c14-12-7-15-8-13(17-12)16-11-6-5-9-3-1-2-4-10(9)11/h1-4,7-8,11H,5-6H2,(H,16,17)/t11-/m1/s1. The van der Waals surface area contributed by atoms with Crippen molar-refractivity contribution < 1.29 is 0 Å². The van der Waals surface area contributed by atoms with Gasteiger partial charge in [0.05, 0.1) is 18.4 Å². The van der Waals surface area contributed by atoms with Crippen LogP contribution in [0.1, 0.15) is 23.6 Å². The Labute approximate surface area is 105 Å². The zero-order valence-electron chi connectivity index (χ0n) is 9.23. The zero-order chi connectivity index (χ0) is 11.7.